The molecule has 0 saturated carbocycles. The van der Waals surface area contributed by atoms with Crippen LogP contribution in [0, 0.1) is 5.82 Å². The molecule has 6 amide bonds. The molecule has 0 radical (unpaired) electrons. The molecule has 3 aromatic carbocycles. The number of ether oxygens (including phenoxy) is 4. The van der Waals surface area contributed by atoms with Crippen molar-refractivity contribution in [3.8, 4) is 17.1 Å². The van der Waals surface area contributed by atoms with E-state index in [9.17, 15) is 28.8 Å². The first-order chi connectivity index (χ1) is 38.5. The summed E-state index contributed by atoms with van der Waals surface area (Å²) in [6, 6.07) is 20.1. The van der Waals surface area contributed by atoms with Gasteiger partial charge in [-0.25, -0.2) is 9.37 Å². The fraction of sp³-hybridized carbons (Fsp3) is 0.456. The summed E-state index contributed by atoms with van der Waals surface area (Å²) < 4.78 is 38.4. The van der Waals surface area contributed by atoms with Gasteiger partial charge in [-0.3, -0.25) is 49.1 Å². The largest absolute Gasteiger partial charge is 0.494 e. The number of nitrogens with zero attached hydrogens (tertiary/aromatic N) is 6. The van der Waals surface area contributed by atoms with E-state index >= 15 is 4.39 Å². The SMILES string of the molecule is C[C@@H](NC(=O)c1cccc(NC2(c3nc(-c4ccncc4)n[nH]3)CCNCC2)c1)c1cccc(OCCCCCCOCCOCCOCCC(=O)N2CCN(c3cc4c(cc3F)C(=O)N(C3CCC(=O)NC3=O)C4=O)CC2)c1. The zero-order valence-electron chi connectivity index (χ0n) is 44.4. The first-order valence-electron chi connectivity index (χ1n) is 27.2. The van der Waals surface area contributed by atoms with Gasteiger partial charge in [0.15, 0.2) is 11.6 Å². The maximum Gasteiger partial charge on any atom is 0.262 e. The van der Waals surface area contributed by atoms with E-state index in [1.165, 1.54) is 6.07 Å². The number of anilines is 2. The highest BCUT2D eigenvalue weighted by Gasteiger charge is 2.45. The molecule has 4 aliphatic heterocycles. The Bertz CT molecular complexity index is 2950. The van der Waals surface area contributed by atoms with Crippen molar-refractivity contribution in [1.82, 2.24) is 45.9 Å². The van der Waals surface area contributed by atoms with Crippen molar-refractivity contribution in [3.63, 3.8) is 0 Å². The number of fused-ring (bicyclic) bond motifs is 1. The summed E-state index contributed by atoms with van der Waals surface area (Å²) in [4.78, 5) is 90.0. The van der Waals surface area contributed by atoms with E-state index in [0.717, 1.165) is 91.0 Å². The van der Waals surface area contributed by atoms with Crippen LogP contribution >= 0.6 is 0 Å². The standard InChI is InChI=1S/C57H68FN11O10/c1-38(61-52(72)41-9-6-10-42(34-41)64-57(17-21-60-22-18-57)56-63-51(65-66-56)39-14-19-59-20-15-39)40-8-7-11-43(35-40)79-28-5-3-2-4-27-76-30-32-78-33-31-77-29-16-50(71)68-25-23-67(24-26-68)48-37-45-44(36-46(48)58)54(74)69(55(45)75)47-12-13-49(70)62-53(47)73/h6-11,14-15,19-20,34-38,47,60,64H,2-5,12-13,16-18,21-33H2,1H3,(H,61,72)(H,62,70,73)(H,63,65,66)/t38-,47?/m1/s1. The minimum atomic E-state index is -1.14. The molecule has 5 N–H and O–H groups in total. The molecule has 5 aromatic rings. The molecule has 6 heterocycles. The van der Waals surface area contributed by atoms with Gasteiger partial charge in [-0.15, -0.1) is 0 Å². The molecule has 21 nitrogen and oxygen atoms in total. The number of pyridine rings is 1. The van der Waals surface area contributed by atoms with Crippen molar-refractivity contribution < 1.29 is 52.1 Å². The van der Waals surface area contributed by atoms with Gasteiger partial charge in [0.2, 0.25) is 17.7 Å². The van der Waals surface area contributed by atoms with Crippen molar-refractivity contribution in [2.45, 2.75) is 82.3 Å². The van der Waals surface area contributed by atoms with Gasteiger partial charge >= 0.3 is 0 Å². The molecular formula is C57H68FN11O10. The minimum Gasteiger partial charge on any atom is -0.494 e. The van der Waals surface area contributed by atoms with Crippen LogP contribution in [0.2, 0.25) is 0 Å². The van der Waals surface area contributed by atoms with Gasteiger partial charge in [0.05, 0.1) is 74.5 Å². The van der Waals surface area contributed by atoms with Crippen LogP contribution in [0.25, 0.3) is 11.4 Å². The fourth-order valence-corrected chi connectivity index (χ4v) is 10.3. The highest BCUT2D eigenvalue weighted by Crippen LogP contribution is 2.35. The van der Waals surface area contributed by atoms with Crippen LogP contribution in [0.3, 0.4) is 0 Å². The van der Waals surface area contributed by atoms with Crippen molar-refractivity contribution >= 4 is 46.8 Å². The Balaban J connectivity index is 0.588. The van der Waals surface area contributed by atoms with Crippen molar-refractivity contribution in [2.75, 3.05) is 95.7 Å². The molecular weight excluding hydrogens is 1020 g/mol. The van der Waals surface area contributed by atoms with E-state index in [-0.39, 0.29) is 60.5 Å². The average molecular weight is 1090 g/mol. The van der Waals surface area contributed by atoms with Crippen LogP contribution in [0.4, 0.5) is 15.8 Å². The zero-order chi connectivity index (χ0) is 55.1. The monoisotopic (exact) mass is 1090 g/mol. The number of carbonyl (C=O) groups is 6. The van der Waals surface area contributed by atoms with Crippen LogP contribution in [0.1, 0.15) is 113 Å². The summed E-state index contributed by atoms with van der Waals surface area (Å²) in [7, 11) is 0. The number of amides is 6. The van der Waals surface area contributed by atoms with Gasteiger partial charge in [0.1, 0.15) is 17.6 Å². The van der Waals surface area contributed by atoms with E-state index in [2.05, 4.69) is 36.4 Å². The number of hydrogen-bond acceptors (Lipinski definition) is 16. The Morgan fingerprint density at radius 2 is 1.49 bits per heavy atom. The third-order valence-electron chi connectivity index (χ3n) is 14.7. The van der Waals surface area contributed by atoms with Crippen LogP contribution in [0.15, 0.2) is 85.2 Å². The van der Waals surface area contributed by atoms with Crippen LogP contribution in [-0.2, 0) is 34.1 Å². The third kappa shape index (κ3) is 14.2. The quantitative estimate of drug-likeness (QED) is 0.0347. The number of carbonyl (C=O) groups excluding carboxylic acids is 6. The third-order valence-corrected chi connectivity index (χ3v) is 14.7. The number of imide groups is 2. The number of unbranched alkanes of at least 4 members (excludes halogenated alkanes) is 3. The molecule has 3 saturated heterocycles. The molecule has 79 heavy (non-hydrogen) atoms. The number of nitrogens with one attached hydrogen (secondary N) is 5. The lowest BCUT2D eigenvalue weighted by Crippen LogP contribution is -2.54. The number of piperazine rings is 1. The van der Waals surface area contributed by atoms with Crippen LogP contribution in [-0.4, -0.2) is 157 Å². The van der Waals surface area contributed by atoms with Crippen LogP contribution < -0.4 is 30.9 Å². The van der Waals surface area contributed by atoms with E-state index in [1.807, 2.05) is 67.6 Å². The predicted octanol–water partition coefficient (Wildman–Crippen LogP) is 5.32. The van der Waals surface area contributed by atoms with Gasteiger partial charge in [0, 0.05) is 68.4 Å². The number of halogens is 1. The molecule has 0 bridgehead atoms. The molecule has 4 aliphatic rings. The first-order valence-corrected chi connectivity index (χ1v) is 27.2. The predicted molar refractivity (Wildman–Crippen MR) is 289 cm³/mol. The number of aromatic nitrogens is 4. The number of piperidine rings is 2. The molecule has 0 spiro atoms. The number of aromatic amines is 1. The lowest BCUT2D eigenvalue weighted by atomic mass is 9.87. The molecule has 418 valence electrons. The maximum atomic E-state index is 15.3. The number of benzene rings is 3. The minimum absolute atomic E-state index is 0.00189. The van der Waals surface area contributed by atoms with E-state index in [0.29, 0.717) is 77.2 Å². The summed E-state index contributed by atoms with van der Waals surface area (Å²) in [5, 5.41) is 20.1. The second-order valence-corrected chi connectivity index (χ2v) is 20.1. The highest BCUT2D eigenvalue weighted by atomic mass is 19.1. The normalized spacial score (nSPS) is 17.6. The smallest absolute Gasteiger partial charge is 0.262 e. The lowest BCUT2D eigenvalue weighted by molar-refractivity contribution is -0.136. The molecule has 9 rings (SSSR count). The Kier molecular flexibility index (Phi) is 19.0. The Labute approximate surface area is 457 Å². The maximum absolute atomic E-state index is 15.3. The van der Waals surface area contributed by atoms with E-state index in [1.54, 1.807) is 22.2 Å². The average Bonchev–Trinajstić information content (AvgIpc) is 4.17. The van der Waals surface area contributed by atoms with Gasteiger partial charge in [0.25, 0.3) is 17.7 Å². The Morgan fingerprint density at radius 1 is 0.797 bits per heavy atom. The highest BCUT2D eigenvalue weighted by molar-refractivity contribution is 6.23. The van der Waals surface area contributed by atoms with Gasteiger partial charge in [-0.2, -0.15) is 5.10 Å². The molecule has 0 aliphatic carbocycles. The topological polar surface area (TPSA) is 252 Å². The van der Waals surface area contributed by atoms with Gasteiger partial charge in [-0.1, -0.05) is 24.6 Å². The lowest BCUT2D eigenvalue weighted by Gasteiger charge is -2.37. The summed E-state index contributed by atoms with van der Waals surface area (Å²) in [6.45, 7) is 7.92. The molecule has 2 atom stereocenters. The molecule has 1 unspecified atom stereocenters. The fourth-order valence-electron chi connectivity index (χ4n) is 10.3. The number of rotatable bonds is 26. The number of hydrogen-bond donors (Lipinski definition) is 5. The van der Waals surface area contributed by atoms with Crippen molar-refractivity contribution in [2.24, 2.45) is 0 Å². The first kappa shape index (κ1) is 56.1. The summed E-state index contributed by atoms with van der Waals surface area (Å²) in [6.07, 6.45) is 9.01. The zero-order valence-corrected chi connectivity index (χ0v) is 44.4. The van der Waals surface area contributed by atoms with Crippen molar-refractivity contribution in [3.05, 3.63) is 119 Å². The van der Waals surface area contributed by atoms with Gasteiger partial charge < -0.3 is 44.7 Å². The van der Waals surface area contributed by atoms with Crippen molar-refractivity contribution in [1.29, 1.82) is 0 Å². The Hall–Kier alpha value is -7.66. The Morgan fingerprint density at radius 3 is 2.24 bits per heavy atom. The van der Waals surface area contributed by atoms with Gasteiger partial charge in [-0.05, 0) is 119 Å². The molecule has 22 heteroatoms. The summed E-state index contributed by atoms with van der Waals surface area (Å²) in [5.41, 5.74) is 2.71. The van der Waals surface area contributed by atoms with E-state index in [4.69, 9.17) is 23.9 Å². The summed E-state index contributed by atoms with van der Waals surface area (Å²) >= 11 is 0. The summed E-state index contributed by atoms with van der Waals surface area (Å²) in [5.74, 6) is -1.53. The molecule has 2 aromatic heterocycles. The second-order valence-electron chi connectivity index (χ2n) is 20.1. The van der Waals surface area contributed by atoms with Crippen LogP contribution in [0.5, 0.6) is 5.75 Å². The molecule has 3 fully saturated rings. The second kappa shape index (κ2) is 26.8. The number of H-pyrrole nitrogens is 1. The van der Waals surface area contributed by atoms with E-state index < -0.39 is 41.0 Å².